The molecular weight excluding hydrogens is 390 g/mol. The number of hydrogen-bond donors (Lipinski definition) is 1. The minimum absolute atomic E-state index is 0.447. The highest BCUT2D eigenvalue weighted by Gasteiger charge is 2.21. The Morgan fingerprint density at radius 1 is 1.10 bits per heavy atom. The van der Waals surface area contributed by atoms with Crippen LogP contribution in [-0.4, -0.2) is 27.6 Å². The second kappa shape index (κ2) is 9.85. The molecule has 1 heterocycles. The molecule has 0 spiro atoms. The zero-order valence-electron chi connectivity index (χ0n) is 17.5. The molecule has 1 fully saturated rings. The highest BCUT2D eigenvalue weighted by Crippen LogP contribution is 2.31. The van der Waals surface area contributed by atoms with Crippen molar-refractivity contribution in [1.29, 1.82) is 0 Å². The second-order valence-electron chi connectivity index (χ2n) is 7.87. The normalized spacial score (nSPS) is 15.0. The number of aromatic amines is 1. The Kier molecular flexibility index (Phi) is 6.74. The second-order valence-corrected chi connectivity index (χ2v) is 8.26. The van der Waals surface area contributed by atoms with Crippen LogP contribution in [0.15, 0.2) is 59.7 Å². The molecule has 1 aliphatic rings. The highest BCUT2D eigenvalue weighted by atomic mass is 32.1. The van der Waals surface area contributed by atoms with Gasteiger partial charge < -0.3 is 4.90 Å². The van der Waals surface area contributed by atoms with Gasteiger partial charge in [-0.2, -0.15) is 14.9 Å². The molecule has 0 aliphatic heterocycles. The Morgan fingerprint density at radius 3 is 2.53 bits per heavy atom. The van der Waals surface area contributed by atoms with Gasteiger partial charge in [0.25, 0.3) is 0 Å². The van der Waals surface area contributed by atoms with Gasteiger partial charge in [-0.15, -0.1) is 0 Å². The van der Waals surface area contributed by atoms with Crippen LogP contribution in [0.5, 0.6) is 0 Å². The molecule has 2 aromatic carbocycles. The Labute approximate surface area is 183 Å². The average molecular weight is 420 g/mol. The zero-order valence-corrected chi connectivity index (χ0v) is 18.3. The largest absolute Gasteiger partial charge is 0.367 e. The average Bonchev–Trinajstić information content (AvgIpc) is 3.18. The monoisotopic (exact) mass is 419 g/mol. The van der Waals surface area contributed by atoms with E-state index in [1.165, 1.54) is 30.5 Å². The van der Waals surface area contributed by atoms with Gasteiger partial charge in [-0.25, -0.2) is 0 Å². The summed E-state index contributed by atoms with van der Waals surface area (Å²) in [5.74, 6) is 1.41. The molecule has 1 aliphatic carbocycles. The number of aromatic nitrogens is 3. The lowest BCUT2D eigenvalue weighted by atomic mass is 9.89. The predicted octanol–water partition coefficient (Wildman–Crippen LogP) is 5.90. The fourth-order valence-electron chi connectivity index (χ4n) is 4.13. The maximum Gasteiger partial charge on any atom is 0.216 e. The van der Waals surface area contributed by atoms with E-state index in [9.17, 15) is 0 Å². The van der Waals surface area contributed by atoms with Gasteiger partial charge in [0, 0.05) is 24.7 Å². The lowest BCUT2D eigenvalue weighted by molar-refractivity contribution is 0.419. The van der Waals surface area contributed by atoms with Crippen molar-refractivity contribution in [2.45, 2.75) is 51.5 Å². The highest BCUT2D eigenvalue weighted by molar-refractivity contribution is 7.71. The molecule has 6 heteroatoms. The fourth-order valence-corrected chi connectivity index (χ4v) is 4.31. The molecule has 0 amide bonds. The van der Waals surface area contributed by atoms with Crippen molar-refractivity contribution in [2.24, 2.45) is 5.10 Å². The maximum atomic E-state index is 5.41. The van der Waals surface area contributed by atoms with E-state index in [1.807, 2.05) is 6.21 Å². The molecule has 30 heavy (non-hydrogen) atoms. The van der Waals surface area contributed by atoms with Crippen LogP contribution in [0.25, 0.3) is 0 Å². The minimum atomic E-state index is 0.447. The van der Waals surface area contributed by atoms with Crippen molar-refractivity contribution in [3.05, 3.63) is 76.3 Å². The van der Waals surface area contributed by atoms with Gasteiger partial charge in [-0.3, -0.25) is 5.10 Å². The van der Waals surface area contributed by atoms with Crippen LogP contribution < -0.4 is 4.90 Å². The Bertz CT molecular complexity index is 1010. The standard InChI is InChI=1S/C24H29N5S/c1-2-28(18-20-9-5-3-6-10-20)22-15-13-19(14-16-22)17-25-29-23(26-27-24(29)30)21-11-7-4-8-12-21/h3,5-6,9-10,13-17,21H,2,4,7-8,11-12,18H2,1H3,(H,27,30)/b25-17-. The summed E-state index contributed by atoms with van der Waals surface area (Å²) >= 11 is 5.41. The van der Waals surface area contributed by atoms with Crippen LogP contribution in [-0.2, 0) is 6.54 Å². The number of rotatable bonds is 7. The number of H-pyrrole nitrogens is 1. The third-order valence-corrected chi connectivity index (χ3v) is 6.09. The van der Waals surface area contributed by atoms with Gasteiger partial charge in [0.05, 0.1) is 6.21 Å². The molecule has 156 valence electrons. The Morgan fingerprint density at radius 2 is 1.83 bits per heavy atom. The number of hydrogen-bond acceptors (Lipinski definition) is 4. The molecule has 0 radical (unpaired) electrons. The molecule has 4 rings (SSSR count). The van der Waals surface area contributed by atoms with Crippen molar-refractivity contribution < 1.29 is 0 Å². The van der Waals surface area contributed by atoms with Crippen LogP contribution in [0.4, 0.5) is 5.69 Å². The molecule has 0 bridgehead atoms. The smallest absolute Gasteiger partial charge is 0.216 e. The topological polar surface area (TPSA) is 49.2 Å². The molecule has 5 nitrogen and oxygen atoms in total. The van der Waals surface area contributed by atoms with E-state index in [4.69, 9.17) is 12.2 Å². The Balaban J connectivity index is 1.48. The van der Waals surface area contributed by atoms with Crippen LogP contribution in [0.1, 0.15) is 61.9 Å². The number of anilines is 1. The Hall–Kier alpha value is -2.73. The summed E-state index contributed by atoms with van der Waals surface area (Å²) in [5.41, 5.74) is 3.57. The van der Waals surface area contributed by atoms with E-state index in [2.05, 4.69) is 81.7 Å². The van der Waals surface area contributed by atoms with E-state index in [-0.39, 0.29) is 0 Å². The van der Waals surface area contributed by atoms with E-state index >= 15 is 0 Å². The lowest BCUT2D eigenvalue weighted by Crippen LogP contribution is -2.21. The SMILES string of the molecule is CCN(Cc1ccccc1)c1ccc(/C=N\n2c(C3CCCCC3)n[nH]c2=S)cc1. The van der Waals surface area contributed by atoms with Crippen molar-refractivity contribution in [3.63, 3.8) is 0 Å². The molecule has 3 aromatic rings. The van der Waals surface area contributed by atoms with Crippen LogP contribution >= 0.6 is 12.2 Å². The molecule has 1 N–H and O–H groups in total. The summed E-state index contributed by atoms with van der Waals surface area (Å²) in [4.78, 5) is 2.36. The molecular formula is C24H29N5S. The van der Waals surface area contributed by atoms with Gasteiger partial charge in [0.1, 0.15) is 0 Å². The van der Waals surface area contributed by atoms with Gasteiger partial charge >= 0.3 is 0 Å². The molecule has 0 atom stereocenters. The summed E-state index contributed by atoms with van der Waals surface area (Å²) in [5, 5.41) is 12.0. The van der Waals surface area contributed by atoms with Crippen molar-refractivity contribution in [1.82, 2.24) is 14.9 Å². The predicted molar refractivity (Wildman–Crippen MR) is 126 cm³/mol. The molecule has 0 saturated heterocycles. The summed E-state index contributed by atoms with van der Waals surface area (Å²) in [6.45, 7) is 4.04. The molecule has 1 saturated carbocycles. The third kappa shape index (κ3) is 4.87. The van der Waals surface area contributed by atoms with Crippen LogP contribution in [0, 0.1) is 4.77 Å². The van der Waals surface area contributed by atoms with Gasteiger partial charge in [-0.05, 0) is 55.2 Å². The summed E-state index contributed by atoms with van der Waals surface area (Å²) in [6, 6.07) is 19.1. The maximum absolute atomic E-state index is 5.41. The number of nitrogens with zero attached hydrogens (tertiary/aromatic N) is 4. The molecule has 1 aromatic heterocycles. The van der Waals surface area contributed by atoms with Crippen molar-refractivity contribution in [2.75, 3.05) is 11.4 Å². The quantitative estimate of drug-likeness (QED) is 0.383. The first-order valence-electron chi connectivity index (χ1n) is 10.8. The van der Waals surface area contributed by atoms with E-state index in [0.717, 1.165) is 37.3 Å². The molecule has 0 unspecified atom stereocenters. The van der Waals surface area contributed by atoms with Gasteiger partial charge in [0.15, 0.2) is 5.82 Å². The van der Waals surface area contributed by atoms with E-state index in [1.54, 1.807) is 4.68 Å². The van der Waals surface area contributed by atoms with E-state index in [0.29, 0.717) is 10.7 Å². The number of nitrogens with one attached hydrogen (secondary N) is 1. The summed E-state index contributed by atoms with van der Waals surface area (Å²) < 4.78 is 2.36. The zero-order chi connectivity index (χ0) is 20.8. The first-order chi connectivity index (χ1) is 14.7. The third-order valence-electron chi connectivity index (χ3n) is 5.82. The first-order valence-corrected chi connectivity index (χ1v) is 11.3. The summed E-state index contributed by atoms with van der Waals surface area (Å²) in [6.07, 6.45) is 8.03. The first kappa shape index (κ1) is 20.5. The van der Waals surface area contributed by atoms with Crippen molar-refractivity contribution in [3.8, 4) is 0 Å². The lowest BCUT2D eigenvalue weighted by Gasteiger charge is -2.23. The number of benzene rings is 2. The van der Waals surface area contributed by atoms with Gasteiger partial charge in [-0.1, -0.05) is 61.7 Å². The summed E-state index contributed by atoms with van der Waals surface area (Å²) in [7, 11) is 0. The van der Waals surface area contributed by atoms with Crippen molar-refractivity contribution >= 4 is 24.1 Å². The van der Waals surface area contributed by atoms with Crippen LogP contribution in [0.3, 0.4) is 0 Å². The minimum Gasteiger partial charge on any atom is -0.367 e. The van der Waals surface area contributed by atoms with Crippen LogP contribution in [0.2, 0.25) is 0 Å². The van der Waals surface area contributed by atoms with Gasteiger partial charge in [0.2, 0.25) is 4.77 Å². The van der Waals surface area contributed by atoms with E-state index < -0.39 is 0 Å². The fraction of sp³-hybridized carbons (Fsp3) is 0.375.